The van der Waals surface area contributed by atoms with Crippen molar-refractivity contribution in [1.82, 2.24) is 10.2 Å². The Hall–Kier alpha value is -2.04. The van der Waals surface area contributed by atoms with E-state index in [1.807, 2.05) is 29.2 Å². The molecule has 1 fully saturated rings. The quantitative estimate of drug-likeness (QED) is 0.797. The highest BCUT2D eigenvalue weighted by Crippen LogP contribution is 2.27. The first kappa shape index (κ1) is 22.3. The standard InChI is InChI=1S/C23H36N2O3/c1-16(2)19-9-7-8-10-20(19)28-17(3)22(27)24-18-11-13-25(14-12-18)21(26)15-23(4,5)6/h7-10,16-18H,11-15H2,1-6H3,(H,24,27). The first-order chi connectivity index (χ1) is 13.1. The average Bonchev–Trinajstić information content (AvgIpc) is 2.61. The van der Waals surface area contributed by atoms with Crippen LogP contribution in [0.5, 0.6) is 5.75 Å². The van der Waals surface area contributed by atoms with Crippen molar-refractivity contribution in [2.45, 2.75) is 78.9 Å². The van der Waals surface area contributed by atoms with Crippen LogP contribution in [0, 0.1) is 5.41 Å². The van der Waals surface area contributed by atoms with Gasteiger partial charge in [-0.15, -0.1) is 0 Å². The molecule has 28 heavy (non-hydrogen) atoms. The molecule has 1 unspecified atom stereocenters. The summed E-state index contributed by atoms with van der Waals surface area (Å²) in [5, 5.41) is 3.09. The molecule has 156 valence electrons. The van der Waals surface area contributed by atoms with Crippen molar-refractivity contribution in [3.63, 3.8) is 0 Å². The van der Waals surface area contributed by atoms with Crippen LogP contribution in [0.1, 0.15) is 72.3 Å². The summed E-state index contributed by atoms with van der Waals surface area (Å²) in [5.74, 6) is 1.21. The SMILES string of the molecule is CC(Oc1ccccc1C(C)C)C(=O)NC1CCN(C(=O)CC(C)(C)C)CC1. The lowest BCUT2D eigenvalue weighted by Crippen LogP contribution is -2.49. The van der Waals surface area contributed by atoms with Crippen LogP contribution >= 0.6 is 0 Å². The second kappa shape index (κ2) is 9.44. The highest BCUT2D eigenvalue weighted by atomic mass is 16.5. The maximum Gasteiger partial charge on any atom is 0.260 e. The number of nitrogens with one attached hydrogen (secondary N) is 1. The Bertz CT molecular complexity index is 671. The van der Waals surface area contributed by atoms with E-state index in [-0.39, 0.29) is 23.3 Å². The predicted octanol–water partition coefficient (Wildman–Crippen LogP) is 4.12. The maximum atomic E-state index is 12.6. The molecule has 1 aliphatic rings. The zero-order valence-electron chi connectivity index (χ0n) is 18.2. The van der Waals surface area contributed by atoms with Gasteiger partial charge in [-0.05, 0) is 42.7 Å². The first-order valence-corrected chi connectivity index (χ1v) is 10.4. The van der Waals surface area contributed by atoms with Gasteiger partial charge in [-0.3, -0.25) is 9.59 Å². The number of carbonyl (C=O) groups is 2. The van der Waals surface area contributed by atoms with Gasteiger partial charge in [0.15, 0.2) is 6.10 Å². The molecular formula is C23H36N2O3. The van der Waals surface area contributed by atoms with E-state index >= 15 is 0 Å². The lowest BCUT2D eigenvalue weighted by atomic mass is 9.91. The fourth-order valence-corrected chi connectivity index (χ4v) is 3.47. The van der Waals surface area contributed by atoms with Crippen molar-refractivity contribution in [3.05, 3.63) is 29.8 Å². The molecule has 0 saturated carbocycles. The fourth-order valence-electron chi connectivity index (χ4n) is 3.47. The number of ether oxygens (including phenoxy) is 1. The Balaban J connectivity index is 1.83. The number of hydrogen-bond donors (Lipinski definition) is 1. The first-order valence-electron chi connectivity index (χ1n) is 10.4. The van der Waals surface area contributed by atoms with Gasteiger partial charge >= 0.3 is 0 Å². The number of rotatable bonds is 6. The van der Waals surface area contributed by atoms with E-state index in [4.69, 9.17) is 4.74 Å². The normalized spacial score (nSPS) is 16.8. The van der Waals surface area contributed by atoms with Crippen molar-refractivity contribution in [1.29, 1.82) is 0 Å². The number of carbonyl (C=O) groups excluding carboxylic acids is 2. The molecule has 5 nitrogen and oxygen atoms in total. The van der Waals surface area contributed by atoms with E-state index in [0.29, 0.717) is 25.4 Å². The molecular weight excluding hydrogens is 352 g/mol. The average molecular weight is 389 g/mol. The minimum atomic E-state index is -0.555. The fraction of sp³-hybridized carbons (Fsp3) is 0.652. The molecule has 1 aromatic carbocycles. The lowest BCUT2D eigenvalue weighted by molar-refractivity contribution is -0.134. The molecule has 1 N–H and O–H groups in total. The van der Waals surface area contributed by atoms with Crippen LogP contribution < -0.4 is 10.1 Å². The van der Waals surface area contributed by atoms with Gasteiger partial charge in [-0.25, -0.2) is 0 Å². The van der Waals surface area contributed by atoms with Crippen molar-refractivity contribution in [2.75, 3.05) is 13.1 Å². The molecule has 2 amide bonds. The van der Waals surface area contributed by atoms with Gasteiger partial charge in [0, 0.05) is 25.6 Å². The number of nitrogens with zero attached hydrogens (tertiary/aromatic N) is 1. The third-order valence-corrected chi connectivity index (χ3v) is 5.09. The van der Waals surface area contributed by atoms with E-state index in [1.165, 1.54) is 0 Å². The van der Waals surface area contributed by atoms with E-state index < -0.39 is 6.10 Å². The molecule has 0 spiro atoms. The monoisotopic (exact) mass is 388 g/mol. The van der Waals surface area contributed by atoms with Gasteiger partial charge in [-0.2, -0.15) is 0 Å². The molecule has 5 heteroatoms. The largest absolute Gasteiger partial charge is 0.481 e. The van der Waals surface area contributed by atoms with Gasteiger partial charge in [0.25, 0.3) is 5.91 Å². The smallest absolute Gasteiger partial charge is 0.260 e. The summed E-state index contributed by atoms with van der Waals surface area (Å²) in [6.07, 6.45) is 1.58. The van der Waals surface area contributed by atoms with Gasteiger partial charge in [0.05, 0.1) is 0 Å². The summed E-state index contributed by atoms with van der Waals surface area (Å²) in [5.41, 5.74) is 1.11. The minimum absolute atomic E-state index is 0.00119. The van der Waals surface area contributed by atoms with Crippen molar-refractivity contribution in [2.24, 2.45) is 5.41 Å². The van der Waals surface area contributed by atoms with Crippen LogP contribution in [0.15, 0.2) is 24.3 Å². The van der Waals surface area contributed by atoms with E-state index in [2.05, 4.69) is 39.9 Å². The van der Waals surface area contributed by atoms with Gasteiger partial charge < -0.3 is 15.0 Å². The summed E-state index contributed by atoms with van der Waals surface area (Å²) in [4.78, 5) is 26.9. The molecule has 1 atom stereocenters. The number of para-hydroxylation sites is 1. The second-order valence-electron chi connectivity index (χ2n) is 9.35. The molecule has 0 radical (unpaired) electrons. The molecule has 1 aliphatic heterocycles. The molecule has 0 aliphatic carbocycles. The zero-order valence-corrected chi connectivity index (χ0v) is 18.2. The minimum Gasteiger partial charge on any atom is -0.481 e. The van der Waals surface area contributed by atoms with Crippen molar-refractivity contribution < 1.29 is 14.3 Å². The number of amides is 2. The summed E-state index contributed by atoms with van der Waals surface area (Å²) in [6, 6.07) is 7.96. The van der Waals surface area contributed by atoms with Crippen LogP contribution in [0.25, 0.3) is 0 Å². The Morgan fingerprint density at radius 1 is 1.14 bits per heavy atom. The van der Waals surface area contributed by atoms with E-state index in [1.54, 1.807) is 6.92 Å². The second-order valence-corrected chi connectivity index (χ2v) is 9.35. The highest BCUT2D eigenvalue weighted by Gasteiger charge is 2.28. The van der Waals surface area contributed by atoms with Gasteiger partial charge in [0.2, 0.25) is 5.91 Å². The third-order valence-electron chi connectivity index (χ3n) is 5.09. The van der Waals surface area contributed by atoms with Gasteiger partial charge in [0.1, 0.15) is 5.75 Å². The zero-order chi connectivity index (χ0) is 20.9. The van der Waals surface area contributed by atoms with Crippen molar-refractivity contribution in [3.8, 4) is 5.75 Å². The summed E-state index contributed by atoms with van der Waals surface area (Å²) in [6.45, 7) is 13.7. The number of hydrogen-bond acceptors (Lipinski definition) is 3. The molecule has 1 saturated heterocycles. The number of benzene rings is 1. The lowest BCUT2D eigenvalue weighted by Gasteiger charge is -2.34. The van der Waals surface area contributed by atoms with Crippen LogP contribution in [-0.4, -0.2) is 41.9 Å². The van der Waals surface area contributed by atoms with Crippen LogP contribution in [-0.2, 0) is 9.59 Å². The van der Waals surface area contributed by atoms with E-state index in [0.717, 1.165) is 24.2 Å². The van der Waals surface area contributed by atoms with E-state index in [9.17, 15) is 9.59 Å². The van der Waals surface area contributed by atoms with Crippen LogP contribution in [0.4, 0.5) is 0 Å². The summed E-state index contributed by atoms with van der Waals surface area (Å²) >= 11 is 0. The Kier molecular flexibility index (Phi) is 7.50. The molecule has 1 aromatic rings. The molecule has 2 rings (SSSR count). The van der Waals surface area contributed by atoms with Crippen molar-refractivity contribution >= 4 is 11.8 Å². The summed E-state index contributed by atoms with van der Waals surface area (Å²) < 4.78 is 5.95. The topological polar surface area (TPSA) is 58.6 Å². The highest BCUT2D eigenvalue weighted by molar-refractivity contribution is 5.81. The van der Waals surface area contributed by atoms with Gasteiger partial charge in [-0.1, -0.05) is 52.8 Å². The molecule has 1 heterocycles. The Morgan fingerprint density at radius 2 is 1.75 bits per heavy atom. The Morgan fingerprint density at radius 3 is 2.32 bits per heavy atom. The van der Waals surface area contributed by atoms with Crippen LogP contribution in [0.3, 0.4) is 0 Å². The molecule has 0 aromatic heterocycles. The third kappa shape index (κ3) is 6.54. The number of piperidine rings is 1. The number of likely N-dealkylation sites (tertiary alicyclic amines) is 1. The predicted molar refractivity (Wildman–Crippen MR) is 112 cm³/mol. The summed E-state index contributed by atoms with van der Waals surface area (Å²) in [7, 11) is 0. The molecule has 0 bridgehead atoms. The maximum absolute atomic E-state index is 12.6. The Labute approximate surface area is 169 Å². The van der Waals surface area contributed by atoms with Crippen LogP contribution in [0.2, 0.25) is 0 Å².